The van der Waals surface area contributed by atoms with Crippen molar-refractivity contribution < 1.29 is 8.78 Å². The Bertz CT molecular complexity index is 953. The highest BCUT2D eigenvalue weighted by molar-refractivity contribution is 7.13. The minimum Gasteiger partial charge on any atom is -0.368 e. The Labute approximate surface area is 151 Å². The third-order valence-corrected chi connectivity index (χ3v) is 5.16. The highest BCUT2D eigenvalue weighted by Crippen LogP contribution is 2.23. The van der Waals surface area contributed by atoms with Crippen LogP contribution in [0.15, 0.2) is 34.8 Å². The highest BCUT2D eigenvalue weighted by Gasteiger charge is 2.20. The van der Waals surface area contributed by atoms with Crippen LogP contribution in [-0.2, 0) is 6.54 Å². The van der Waals surface area contributed by atoms with Crippen LogP contribution in [0.5, 0.6) is 0 Å². The van der Waals surface area contributed by atoms with Gasteiger partial charge in [0, 0.05) is 31.9 Å². The van der Waals surface area contributed by atoms with Crippen molar-refractivity contribution in [3.05, 3.63) is 40.4 Å². The molecule has 26 heavy (non-hydrogen) atoms. The van der Waals surface area contributed by atoms with E-state index in [4.69, 9.17) is 0 Å². The lowest BCUT2D eigenvalue weighted by Crippen LogP contribution is -2.46. The molecule has 0 spiro atoms. The van der Waals surface area contributed by atoms with Crippen molar-refractivity contribution in [1.29, 1.82) is 0 Å². The second kappa shape index (κ2) is 6.94. The van der Waals surface area contributed by atoms with Gasteiger partial charge in [-0.3, -0.25) is 9.36 Å². The van der Waals surface area contributed by atoms with Crippen LogP contribution < -0.4 is 15.4 Å². The Balaban J connectivity index is 1.54. The van der Waals surface area contributed by atoms with Gasteiger partial charge in [-0.15, -0.1) is 10.2 Å². The molecule has 1 aromatic carbocycles. The van der Waals surface area contributed by atoms with Gasteiger partial charge >= 0.3 is 0 Å². The standard InChI is InChI=1S/C16H16F2N6OS/c17-14(18)8-24-9-19-13-7-11(1-2-12(13)15(24)25)22-3-5-23(6-4-22)16-21-20-10-26-16/h1-2,7,9-10,14H,3-6,8H2. The molecule has 4 rings (SSSR count). The van der Waals surface area contributed by atoms with E-state index in [1.54, 1.807) is 11.6 Å². The lowest BCUT2D eigenvalue weighted by atomic mass is 10.2. The van der Waals surface area contributed by atoms with Crippen LogP contribution in [0.2, 0.25) is 0 Å². The van der Waals surface area contributed by atoms with Crippen LogP contribution in [0.4, 0.5) is 19.6 Å². The van der Waals surface area contributed by atoms with Gasteiger partial charge in [-0.05, 0) is 18.2 Å². The van der Waals surface area contributed by atoms with Crippen molar-refractivity contribution in [2.45, 2.75) is 13.0 Å². The number of piperazine rings is 1. The van der Waals surface area contributed by atoms with Gasteiger partial charge < -0.3 is 9.80 Å². The third kappa shape index (κ3) is 3.24. The molecule has 2 aromatic heterocycles. The van der Waals surface area contributed by atoms with E-state index < -0.39 is 18.5 Å². The number of alkyl halides is 2. The molecule has 10 heteroatoms. The molecule has 136 valence electrons. The fourth-order valence-electron chi connectivity index (χ4n) is 3.08. The third-order valence-electron chi connectivity index (χ3n) is 4.41. The molecule has 1 fully saturated rings. The number of benzene rings is 1. The van der Waals surface area contributed by atoms with Crippen LogP contribution in [-0.4, -0.2) is 52.4 Å². The molecule has 0 unspecified atom stereocenters. The van der Waals surface area contributed by atoms with Gasteiger partial charge in [0.2, 0.25) is 5.13 Å². The molecule has 7 nitrogen and oxygen atoms in total. The molecule has 0 aliphatic carbocycles. The van der Waals surface area contributed by atoms with Gasteiger partial charge in [0.25, 0.3) is 12.0 Å². The average molecular weight is 378 g/mol. The molecule has 1 saturated heterocycles. The van der Waals surface area contributed by atoms with Gasteiger partial charge in [0.05, 0.1) is 23.8 Å². The van der Waals surface area contributed by atoms with Crippen molar-refractivity contribution in [3.63, 3.8) is 0 Å². The summed E-state index contributed by atoms with van der Waals surface area (Å²) in [5.41, 5.74) is 2.76. The second-order valence-corrected chi connectivity index (χ2v) is 6.80. The fourth-order valence-corrected chi connectivity index (χ4v) is 3.70. The van der Waals surface area contributed by atoms with E-state index in [0.29, 0.717) is 10.9 Å². The van der Waals surface area contributed by atoms with Gasteiger partial charge in [-0.1, -0.05) is 11.3 Å². The molecule has 0 N–H and O–H groups in total. The molecule has 0 atom stereocenters. The molecule has 1 aliphatic rings. The normalized spacial score (nSPS) is 15.2. The second-order valence-electron chi connectivity index (χ2n) is 5.99. The minimum absolute atomic E-state index is 0.351. The number of hydrogen-bond acceptors (Lipinski definition) is 7. The molecular formula is C16H16F2N6OS. The molecule has 0 amide bonds. The van der Waals surface area contributed by atoms with E-state index in [0.717, 1.165) is 41.6 Å². The van der Waals surface area contributed by atoms with Crippen molar-refractivity contribution in [1.82, 2.24) is 19.7 Å². The van der Waals surface area contributed by atoms with Gasteiger partial charge in [0.15, 0.2) is 0 Å². The van der Waals surface area contributed by atoms with Gasteiger partial charge in [0.1, 0.15) is 5.51 Å². The summed E-state index contributed by atoms with van der Waals surface area (Å²) in [6, 6.07) is 5.35. The molecule has 0 radical (unpaired) electrons. The maximum Gasteiger partial charge on any atom is 0.261 e. The van der Waals surface area contributed by atoms with Crippen LogP contribution in [0, 0.1) is 0 Å². The number of nitrogens with zero attached hydrogens (tertiary/aromatic N) is 6. The Morgan fingerprint density at radius 1 is 1.15 bits per heavy atom. The smallest absolute Gasteiger partial charge is 0.261 e. The molecule has 0 saturated carbocycles. The Morgan fingerprint density at radius 2 is 1.92 bits per heavy atom. The zero-order valence-corrected chi connectivity index (χ0v) is 14.6. The molecular weight excluding hydrogens is 362 g/mol. The first-order chi connectivity index (χ1) is 12.6. The number of anilines is 2. The van der Waals surface area contributed by atoms with Crippen molar-refractivity contribution in [3.8, 4) is 0 Å². The average Bonchev–Trinajstić information content (AvgIpc) is 3.18. The van der Waals surface area contributed by atoms with Crippen LogP contribution >= 0.6 is 11.3 Å². The van der Waals surface area contributed by atoms with E-state index in [1.807, 2.05) is 12.1 Å². The lowest BCUT2D eigenvalue weighted by Gasteiger charge is -2.35. The topological polar surface area (TPSA) is 67.2 Å². The number of fused-ring (bicyclic) bond motifs is 1. The summed E-state index contributed by atoms with van der Waals surface area (Å²) in [7, 11) is 0. The van der Waals surface area contributed by atoms with Crippen LogP contribution in [0.1, 0.15) is 0 Å². The summed E-state index contributed by atoms with van der Waals surface area (Å²) in [5.74, 6) is 0. The zero-order chi connectivity index (χ0) is 18.1. The van der Waals surface area contributed by atoms with Gasteiger partial charge in [-0.2, -0.15) is 0 Å². The summed E-state index contributed by atoms with van der Waals surface area (Å²) < 4.78 is 26.0. The predicted molar refractivity (Wildman–Crippen MR) is 96.3 cm³/mol. The number of hydrogen-bond donors (Lipinski definition) is 0. The fraction of sp³-hybridized carbons (Fsp3) is 0.375. The Kier molecular flexibility index (Phi) is 4.49. The van der Waals surface area contributed by atoms with Crippen LogP contribution in [0.25, 0.3) is 10.9 Å². The summed E-state index contributed by atoms with van der Waals surface area (Å²) in [6.45, 7) is 2.64. The first kappa shape index (κ1) is 16.8. The molecule has 3 heterocycles. The molecule has 1 aliphatic heterocycles. The maximum absolute atomic E-state index is 12.5. The minimum atomic E-state index is -2.59. The SMILES string of the molecule is O=c1c2ccc(N3CCN(c4nncs4)CC3)cc2ncn1CC(F)F. The van der Waals surface area contributed by atoms with Crippen molar-refractivity contribution in [2.75, 3.05) is 36.0 Å². The lowest BCUT2D eigenvalue weighted by molar-refractivity contribution is 0.125. The predicted octanol–water partition coefficient (Wildman–Crippen LogP) is 1.84. The molecule has 3 aromatic rings. The largest absolute Gasteiger partial charge is 0.368 e. The van der Waals surface area contributed by atoms with Gasteiger partial charge in [-0.25, -0.2) is 13.8 Å². The highest BCUT2D eigenvalue weighted by atomic mass is 32.1. The first-order valence-electron chi connectivity index (χ1n) is 8.15. The van der Waals surface area contributed by atoms with Crippen LogP contribution in [0.3, 0.4) is 0 Å². The number of aromatic nitrogens is 4. The van der Waals surface area contributed by atoms with E-state index in [1.165, 1.54) is 17.7 Å². The first-order valence-corrected chi connectivity index (χ1v) is 9.03. The van der Waals surface area contributed by atoms with E-state index in [2.05, 4.69) is 25.0 Å². The number of halogens is 2. The Morgan fingerprint density at radius 3 is 2.62 bits per heavy atom. The van der Waals surface area contributed by atoms with E-state index >= 15 is 0 Å². The van der Waals surface area contributed by atoms with E-state index in [9.17, 15) is 13.6 Å². The summed E-state index contributed by atoms with van der Waals surface area (Å²) in [4.78, 5) is 20.9. The van der Waals surface area contributed by atoms with E-state index in [-0.39, 0.29) is 0 Å². The summed E-state index contributed by atoms with van der Waals surface area (Å²) in [5, 5.41) is 9.23. The summed E-state index contributed by atoms with van der Waals surface area (Å²) in [6.07, 6.45) is -1.40. The monoisotopic (exact) mass is 378 g/mol. The quantitative estimate of drug-likeness (QED) is 0.690. The maximum atomic E-state index is 12.5. The van der Waals surface area contributed by atoms with Crippen molar-refractivity contribution in [2.24, 2.45) is 0 Å². The van der Waals surface area contributed by atoms with Crippen molar-refractivity contribution >= 4 is 33.1 Å². The zero-order valence-electron chi connectivity index (χ0n) is 13.8. The number of rotatable bonds is 4. The Hall–Kier alpha value is -2.62. The molecule has 0 bridgehead atoms. The summed E-state index contributed by atoms with van der Waals surface area (Å²) >= 11 is 1.52.